The highest BCUT2D eigenvalue weighted by Gasteiger charge is 2.38. The second-order valence-electron chi connectivity index (χ2n) is 9.56. The first-order chi connectivity index (χ1) is 15.3. The van der Waals surface area contributed by atoms with Gasteiger partial charge in [0.25, 0.3) is 5.91 Å². The summed E-state index contributed by atoms with van der Waals surface area (Å²) in [5, 5.41) is 5.54. The lowest BCUT2D eigenvalue weighted by Crippen LogP contribution is -2.53. The first kappa shape index (κ1) is 28.0. The number of carbonyl (C=O) groups is 3. The number of hydrogen-bond acceptors (Lipinski definition) is 4. The van der Waals surface area contributed by atoms with E-state index >= 15 is 0 Å². The molecule has 3 amide bonds. The van der Waals surface area contributed by atoms with Gasteiger partial charge in [-0.15, -0.1) is 0 Å². The third kappa shape index (κ3) is 8.12. The van der Waals surface area contributed by atoms with E-state index in [9.17, 15) is 14.4 Å². The molecule has 0 aliphatic heterocycles. The summed E-state index contributed by atoms with van der Waals surface area (Å²) in [7, 11) is 0. The molecule has 0 radical (unpaired) electrons. The van der Waals surface area contributed by atoms with Crippen LogP contribution in [0.3, 0.4) is 0 Å². The lowest BCUT2D eigenvalue weighted by atomic mass is 9.93. The van der Waals surface area contributed by atoms with Gasteiger partial charge in [-0.3, -0.25) is 14.5 Å². The summed E-state index contributed by atoms with van der Waals surface area (Å²) in [6.07, 6.45) is 6.81. The largest absolute Gasteiger partial charge is 0.444 e. The van der Waals surface area contributed by atoms with Gasteiger partial charge < -0.3 is 15.4 Å². The van der Waals surface area contributed by atoms with Crippen LogP contribution in [0.5, 0.6) is 0 Å². The number of terminal acetylenes is 1. The maximum atomic E-state index is 13.6. The quantitative estimate of drug-likeness (QED) is 0.330. The Morgan fingerprint density at radius 3 is 2.18 bits per heavy atom. The standard InChI is InChI=1S/C26H39N3O4/c1-10-12-16-27-23(30)22(20-18(5)14-13-15-19(20)6)29(11-2)24(31)21(17(3)4)28-25(32)33-26(7,8)9/h2,13-15,17,21-22H,10,12,16H2,1,3-9H3,(H,27,30)(H,28,32). The molecule has 1 aromatic rings. The van der Waals surface area contributed by atoms with Crippen LogP contribution in [0.15, 0.2) is 18.2 Å². The zero-order valence-corrected chi connectivity index (χ0v) is 21.2. The Morgan fingerprint density at radius 2 is 1.73 bits per heavy atom. The second kappa shape index (κ2) is 12.3. The summed E-state index contributed by atoms with van der Waals surface area (Å²) in [6.45, 7) is 15.1. The van der Waals surface area contributed by atoms with Crippen LogP contribution < -0.4 is 10.6 Å². The molecule has 7 heteroatoms. The number of hydrogen-bond donors (Lipinski definition) is 2. The number of nitrogens with zero attached hydrogens (tertiary/aromatic N) is 1. The van der Waals surface area contributed by atoms with E-state index < -0.39 is 29.7 Å². The van der Waals surface area contributed by atoms with Crippen LogP contribution in [0.1, 0.15) is 77.1 Å². The van der Waals surface area contributed by atoms with E-state index in [2.05, 4.69) is 16.7 Å². The molecule has 0 saturated carbocycles. The SMILES string of the molecule is C#CN(C(=O)C(NC(=O)OC(C)(C)C)C(C)C)C(C(=O)NCCCC)c1c(C)cccc1C. The second-order valence-corrected chi connectivity index (χ2v) is 9.56. The minimum atomic E-state index is -1.03. The van der Waals surface area contributed by atoms with E-state index in [4.69, 9.17) is 11.2 Å². The number of carbonyl (C=O) groups excluding carboxylic acids is 3. The van der Waals surface area contributed by atoms with Crippen molar-refractivity contribution in [3.05, 3.63) is 34.9 Å². The maximum absolute atomic E-state index is 13.6. The predicted octanol–water partition coefficient (Wildman–Crippen LogP) is 4.23. The van der Waals surface area contributed by atoms with Crippen LogP contribution >= 0.6 is 0 Å². The number of alkyl carbamates (subject to hydrolysis) is 1. The third-order valence-corrected chi connectivity index (χ3v) is 5.13. The number of nitrogens with one attached hydrogen (secondary N) is 2. The van der Waals surface area contributed by atoms with Crippen molar-refractivity contribution >= 4 is 17.9 Å². The fourth-order valence-corrected chi connectivity index (χ4v) is 3.48. The average molecular weight is 458 g/mol. The number of ether oxygens (including phenoxy) is 1. The summed E-state index contributed by atoms with van der Waals surface area (Å²) in [5.41, 5.74) is 1.65. The number of rotatable bonds is 9. The van der Waals surface area contributed by atoms with Gasteiger partial charge in [-0.1, -0.05) is 51.8 Å². The lowest BCUT2D eigenvalue weighted by Gasteiger charge is -2.33. The van der Waals surface area contributed by atoms with E-state index in [1.807, 2.05) is 39.0 Å². The normalized spacial score (nSPS) is 13.0. The Kier molecular flexibility index (Phi) is 10.4. The fraction of sp³-hybridized carbons (Fsp3) is 0.577. The molecule has 0 aromatic heterocycles. The molecule has 2 unspecified atom stereocenters. The molecule has 0 bridgehead atoms. The molecule has 33 heavy (non-hydrogen) atoms. The third-order valence-electron chi connectivity index (χ3n) is 5.13. The van der Waals surface area contributed by atoms with Gasteiger partial charge in [0.05, 0.1) is 0 Å². The van der Waals surface area contributed by atoms with E-state index in [1.54, 1.807) is 34.6 Å². The van der Waals surface area contributed by atoms with Crippen molar-refractivity contribution in [2.45, 2.75) is 85.9 Å². The monoisotopic (exact) mass is 457 g/mol. The van der Waals surface area contributed by atoms with E-state index in [1.165, 1.54) is 0 Å². The van der Waals surface area contributed by atoms with Crippen molar-refractivity contribution in [2.24, 2.45) is 5.92 Å². The molecule has 1 aromatic carbocycles. The van der Waals surface area contributed by atoms with Crippen molar-refractivity contribution < 1.29 is 19.1 Å². The van der Waals surface area contributed by atoms with E-state index in [0.29, 0.717) is 12.1 Å². The Labute approximate surface area is 198 Å². The topological polar surface area (TPSA) is 87.7 Å². The van der Waals surface area contributed by atoms with Gasteiger partial charge in [0.2, 0.25) is 5.91 Å². The van der Waals surface area contributed by atoms with Crippen LogP contribution in [0.25, 0.3) is 0 Å². The smallest absolute Gasteiger partial charge is 0.408 e. The number of aryl methyl sites for hydroxylation is 2. The van der Waals surface area contributed by atoms with Gasteiger partial charge >= 0.3 is 6.09 Å². The molecule has 0 aliphatic rings. The molecule has 0 saturated heterocycles. The van der Waals surface area contributed by atoms with E-state index in [0.717, 1.165) is 28.9 Å². The fourth-order valence-electron chi connectivity index (χ4n) is 3.48. The number of unbranched alkanes of at least 4 members (excludes halogenated alkanes) is 1. The number of amides is 3. The molecule has 0 aliphatic carbocycles. The predicted molar refractivity (Wildman–Crippen MR) is 130 cm³/mol. The van der Waals surface area contributed by atoms with Crippen LogP contribution in [0.2, 0.25) is 0 Å². The first-order valence-corrected chi connectivity index (χ1v) is 11.5. The van der Waals surface area contributed by atoms with Gasteiger partial charge in [0, 0.05) is 12.6 Å². The van der Waals surface area contributed by atoms with Crippen molar-refractivity contribution in [3.63, 3.8) is 0 Å². The molecule has 2 N–H and O–H groups in total. The van der Waals surface area contributed by atoms with Crippen LogP contribution in [0, 0.1) is 32.2 Å². The average Bonchev–Trinajstić information content (AvgIpc) is 2.69. The Balaban J connectivity index is 3.40. The minimum Gasteiger partial charge on any atom is -0.444 e. The van der Waals surface area contributed by atoms with Crippen molar-refractivity contribution in [1.82, 2.24) is 15.5 Å². The molecule has 0 fully saturated rings. The van der Waals surface area contributed by atoms with Gasteiger partial charge in [-0.2, -0.15) is 0 Å². The molecule has 2 atom stereocenters. The van der Waals surface area contributed by atoms with Crippen LogP contribution in [-0.4, -0.2) is 41.0 Å². The summed E-state index contributed by atoms with van der Waals surface area (Å²) in [6, 6.07) is 6.08. The van der Waals surface area contributed by atoms with Crippen LogP contribution in [-0.2, 0) is 14.3 Å². The van der Waals surface area contributed by atoms with Crippen molar-refractivity contribution in [2.75, 3.05) is 6.54 Å². The highest BCUT2D eigenvalue weighted by atomic mass is 16.6. The molecular weight excluding hydrogens is 418 g/mol. The van der Waals surface area contributed by atoms with Gasteiger partial charge in [0.1, 0.15) is 17.7 Å². The van der Waals surface area contributed by atoms with Crippen LogP contribution in [0.4, 0.5) is 4.79 Å². The van der Waals surface area contributed by atoms with Gasteiger partial charge in [-0.05, 0) is 63.6 Å². The Morgan fingerprint density at radius 1 is 1.15 bits per heavy atom. The van der Waals surface area contributed by atoms with Crippen molar-refractivity contribution in [1.29, 1.82) is 0 Å². The van der Waals surface area contributed by atoms with Gasteiger partial charge in [0.15, 0.2) is 0 Å². The summed E-state index contributed by atoms with van der Waals surface area (Å²) >= 11 is 0. The zero-order valence-electron chi connectivity index (χ0n) is 21.2. The Bertz CT molecular complexity index is 860. The first-order valence-electron chi connectivity index (χ1n) is 11.5. The number of benzene rings is 1. The maximum Gasteiger partial charge on any atom is 0.408 e. The summed E-state index contributed by atoms with van der Waals surface area (Å²) in [5.74, 6) is -1.19. The lowest BCUT2D eigenvalue weighted by molar-refractivity contribution is -0.139. The molecule has 0 spiro atoms. The van der Waals surface area contributed by atoms with E-state index in [-0.39, 0.29) is 11.8 Å². The molecule has 7 nitrogen and oxygen atoms in total. The zero-order chi connectivity index (χ0) is 25.3. The summed E-state index contributed by atoms with van der Waals surface area (Å²) < 4.78 is 5.33. The highest BCUT2D eigenvalue weighted by Crippen LogP contribution is 2.28. The van der Waals surface area contributed by atoms with Crippen molar-refractivity contribution in [3.8, 4) is 12.5 Å². The highest BCUT2D eigenvalue weighted by molar-refractivity contribution is 5.93. The minimum absolute atomic E-state index is 0.289. The molecule has 0 heterocycles. The van der Waals surface area contributed by atoms with Gasteiger partial charge in [-0.25, -0.2) is 4.79 Å². The molecular formula is C26H39N3O4. The summed E-state index contributed by atoms with van der Waals surface area (Å²) in [4.78, 5) is 40.4. The molecule has 182 valence electrons. The Hall–Kier alpha value is -3.01. The molecule has 1 rings (SSSR count).